The Balaban J connectivity index is 2.21. The first-order valence-electron chi connectivity index (χ1n) is 4.76. The highest BCUT2D eigenvalue weighted by Gasteiger charge is 2.20. The van der Waals surface area contributed by atoms with Crippen molar-refractivity contribution in [2.75, 3.05) is 18.1 Å². The fourth-order valence-corrected chi connectivity index (χ4v) is 1.50. The van der Waals surface area contributed by atoms with Crippen molar-refractivity contribution in [2.45, 2.75) is 6.42 Å². The van der Waals surface area contributed by atoms with Crippen LogP contribution in [-0.2, 0) is 4.74 Å². The topological polar surface area (TPSA) is 53.3 Å². The summed E-state index contributed by atoms with van der Waals surface area (Å²) in [5.74, 6) is 0. The summed E-state index contributed by atoms with van der Waals surface area (Å²) >= 11 is 0. The van der Waals surface area contributed by atoms with E-state index in [0.29, 0.717) is 18.7 Å². The van der Waals surface area contributed by atoms with Gasteiger partial charge in [-0.05, 0) is 30.7 Å². The average Bonchev–Trinajstić information content (AvgIpc) is 2.30. The molecular weight excluding hydrogens is 192 g/mol. The Hall–Kier alpha value is -2.02. The van der Waals surface area contributed by atoms with E-state index in [-0.39, 0.29) is 6.09 Å². The third-order valence-corrected chi connectivity index (χ3v) is 2.28. The number of rotatable bonds is 1. The number of hydrogen-bond acceptors (Lipinski definition) is 3. The SMILES string of the molecule is N#Cc1ccc(N2CCCOC2=O)cc1. The van der Waals surface area contributed by atoms with Crippen LogP contribution >= 0.6 is 0 Å². The number of amides is 1. The molecule has 1 fully saturated rings. The van der Waals surface area contributed by atoms with Gasteiger partial charge in [0.25, 0.3) is 0 Å². The van der Waals surface area contributed by atoms with Gasteiger partial charge < -0.3 is 4.74 Å². The number of anilines is 1. The van der Waals surface area contributed by atoms with Crippen molar-refractivity contribution in [1.29, 1.82) is 5.26 Å². The summed E-state index contributed by atoms with van der Waals surface area (Å²) in [5, 5.41) is 8.64. The van der Waals surface area contributed by atoms with E-state index >= 15 is 0 Å². The molecule has 1 aliphatic rings. The summed E-state index contributed by atoms with van der Waals surface area (Å²) in [6.45, 7) is 1.16. The number of carbonyl (C=O) groups is 1. The molecule has 0 aromatic heterocycles. The molecule has 4 heteroatoms. The molecule has 4 nitrogen and oxygen atoms in total. The molecule has 0 aliphatic carbocycles. The van der Waals surface area contributed by atoms with Crippen molar-refractivity contribution < 1.29 is 9.53 Å². The third kappa shape index (κ3) is 1.91. The van der Waals surface area contributed by atoms with E-state index in [1.165, 1.54) is 0 Å². The van der Waals surface area contributed by atoms with E-state index in [2.05, 4.69) is 0 Å². The summed E-state index contributed by atoms with van der Waals surface area (Å²) in [5.41, 5.74) is 1.36. The van der Waals surface area contributed by atoms with Gasteiger partial charge in [0.2, 0.25) is 0 Å². The molecule has 0 bridgehead atoms. The monoisotopic (exact) mass is 202 g/mol. The van der Waals surface area contributed by atoms with E-state index in [1.807, 2.05) is 6.07 Å². The van der Waals surface area contributed by atoms with Crippen molar-refractivity contribution in [2.24, 2.45) is 0 Å². The standard InChI is InChI=1S/C11H10N2O2/c12-8-9-2-4-10(5-3-9)13-6-1-7-15-11(13)14/h2-5H,1,6-7H2. The second-order valence-electron chi connectivity index (χ2n) is 3.28. The van der Waals surface area contributed by atoms with Gasteiger partial charge in [-0.1, -0.05) is 0 Å². The van der Waals surface area contributed by atoms with Crippen LogP contribution in [0.3, 0.4) is 0 Å². The number of carbonyl (C=O) groups excluding carboxylic acids is 1. The Morgan fingerprint density at radius 2 is 2.07 bits per heavy atom. The van der Waals surface area contributed by atoms with Gasteiger partial charge in [-0.15, -0.1) is 0 Å². The first kappa shape index (κ1) is 9.53. The summed E-state index contributed by atoms with van der Waals surface area (Å²) in [7, 11) is 0. The zero-order chi connectivity index (χ0) is 10.7. The summed E-state index contributed by atoms with van der Waals surface area (Å²) in [6.07, 6.45) is 0.525. The zero-order valence-corrected chi connectivity index (χ0v) is 8.14. The lowest BCUT2D eigenvalue weighted by Crippen LogP contribution is -2.37. The molecule has 0 radical (unpaired) electrons. The van der Waals surface area contributed by atoms with Crippen LogP contribution in [-0.4, -0.2) is 19.2 Å². The molecule has 1 saturated heterocycles. The molecule has 1 aromatic carbocycles. The predicted molar refractivity (Wildman–Crippen MR) is 54.5 cm³/mol. The smallest absolute Gasteiger partial charge is 0.414 e. The highest BCUT2D eigenvalue weighted by atomic mass is 16.6. The van der Waals surface area contributed by atoms with Crippen molar-refractivity contribution in [1.82, 2.24) is 0 Å². The van der Waals surface area contributed by atoms with Gasteiger partial charge in [-0.2, -0.15) is 5.26 Å². The molecule has 0 spiro atoms. The first-order valence-corrected chi connectivity index (χ1v) is 4.76. The molecule has 1 heterocycles. The maximum absolute atomic E-state index is 11.4. The van der Waals surface area contributed by atoms with Gasteiger partial charge in [-0.25, -0.2) is 4.79 Å². The molecule has 1 aliphatic heterocycles. The van der Waals surface area contributed by atoms with Crippen LogP contribution in [0.4, 0.5) is 10.5 Å². The normalized spacial score (nSPS) is 15.7. The molecule has 0 unspecified atom stereocenters. The van der Waals surface area contributed by atoms with Gasteiger partial charge >= 0.3 is 6.09 Å². The fourth-order valence-electron chi connectivity index (χ4n) is 1.50. The Morgan fingerprint density at radius 1 is 1.33 bits per heavy atom. The summed E-state index contributed by atoms with van der Waals surface area (Å²) in [4.78, 5) is 13.0. The molecule has 1 aromatic rings. The Bertz CT molecular complexity index is 406. The van der Waals surface area contributed by atoms with Crippen molar-refractivity contribution in [3.05, 3.63) is 29.8 Å². The minimum Gasteiger partial charge on any atom is -0.449 e. The highest BCUT2D eigenvalue weighted by Crippen LogP contribution is 2.18. The van der Waals surface area contributed by atoms with Crippen LogP contribution in [0.5, 0.6) is 0 Å². The number of nitrogens with zero attached hydrogens (tertiary/aromatic N) is 2. The van der Waals surface area contributed by atoms with Crippen molar-refractivity contribution in [3.63, 3.8) is 0 Å². The molecule has 0 saturated carbocycles. The molecule has 0 N–H and O–H groups in total. The number of ether oxygens (including phenoxy) is 1. The highest BCUT2D eigenvalue weighted by molar-refractivity contribution is 5.88. The Kier molecular flexibility index (Phi) is 2.55. The van der Waals surface area contributed by atoms with Gasteiger partial charge in [0.15, 0.2) is 0 Å². The van der Waals surface area contributed by atoms with Crippen LogP contribution in [0.2, 0.25) is 0 Å². The summed E-state index contributed by atoms with van der Waals surface area (Å²) in [6, 6.07) is 8.93. The quantitative estimate of drug-likeness (QED) is 0.698. The lowest BCUT2D eigenvalue weighted by Gasteiger charge is -2.26. The minimum absolute atomic E-state index is 0.314. The predicted octanol–water partition coefficient (Wildman–Crippen LogP) is 1.90. The van der Waals surface area contributed by atoms with Gasteiger partial charge in [-0.3, -0.25) is 4.90 Å². The Labute approximate surface area is 87.7 Å². The minimum atomic E-state index is -0.314. The van der Waals surface area contributed by atoms with Crippen molar-refractivity contribution >= 4 is 11.8 Å². The van der Waals surface area contributed by atoms with Crippen LogP contribution in [0.1, 0.15) is 12.0 Å². The van der Waals surface area contributed by atoms with Gasteiger partial charge in [0.05, 0.1) is 18.2 Å². The maximum Gasteiger partial charge on any atom is 0.414 e. The molecule has 0 atom stereocenters. The van der Waals surface area contributed by atoms with E-state index in [4.69, 9.17) is 10.00 Å². The number of cyclic esters (lactones) is 1. The van der Waals surface area contributed by atoms with E-state index < -0.39 is 0 Å². The van der Waals surface area contributed by atoms with Crippen LogP contribution in [0, 0.1) is 11.3 Å². The first-order chi connectivity index (χ1) is 7.31. The van der Waals surface area contributed by atoms with Gasteiger partial charge in [0, 0.05) is 12.2 Å². The Morgan fingerprint density at radius 3 is 2.67 bits per heavy atom. The zero-order valence-electron chi connectivity index (χ0n) is 8.14. The third-order valence-electron chi connectivity index (χ3n) is 2.28. The number of benzene rings is 1. The van der Waals surface area contributed by atoms with Crippen LogP contribution in [0.25, 0.3) is 0 Å². The maximum atomic E-state index is 11.4. The van der Waals surface area contributed by atoms with E-state index in [0.717, 1.165) is 12.1 Å². The molecule has 1 amide bonds. The second kappa shape index (κ2) is 4.01. The average molecular weight is 202 g/mol. The molecule has 76 valence electrons. The van der Waals surface area contributed by atoms with E-state index in [9.17, 15) is 4.79 Å². The molecular formula is C11H10N2O2. The van der Waals surface area contributed by atoms with Crippen LogP contribution < -0.4 is 4.90 Å². The second-order valence-corrected chi connectivity index (χ2v) is 3.28. The largest absolute Gasteiger partial charge is 0.449 e. The van der Waals surface area contributed by atoms with Crippen molar-refractivity contribution in [3.8, 4) is 6.07 Å². The summed E-state index contributed by atoms with van der Waals surface area (Å²) < 4.78 is 4.92. The fraction of sp³-hybridized carbons (Fsp3) is 0.273. The number of nitriles is 1. The van der Waals surface area contributed by atoms with Crippen LogP contribution in [0.15, 0.2) is 24.3 Å². The number of hydrogen-bond donors (Lipinski definition) is 0. The lowest BCUT2D eigenvalue weighted by atomic mass is 10.2. The lowest BCUT2D eigenvalue weighted by molar-refractivity contribution is 0.140. The van der Waals surface area contributed by atoms with E-state index in [1.54, 1.807) is 29.2 Å². The molecule has 2 rings (SSSR count). The molecule has 15 heavy (non-hydrogen) atoms. The van der Waals surface area contributed by atoms with Gasteiger partial charge in [0.1, 0.15) is 0 Å².